The van der Waals surface area contributed by atoms with E-state index in [4.69, 9.17) is 0 Å². The van der Waals surface area contributed by atoms with Gasteiger partial charge >= 0.3 is 0 Å². The minimum atomic E-state index is -0.0583. The molecule has 1 saturated carbocycles. The SMILES string of the molecule is Cc1cc(=O)n2c(n1)SCC2CC(=O)NC1CCCC1. The lowest BCUT2D eigenvalue weighted by Gasteiger charge is -2.16. The lowest BCUT2D eigenvalue weighted by Crippen LogP contribution is -2.35. The summed E-state index contributed by atoms with van der Waals surface area (Å²) >= 11 is 1.56. The molecule has 1 N–H and O–H groups in total. The number of carbonyl (C=O) groups excluding carboxylic acids is 1. The van der Waals surface area contributed by atoms with Crippen LogP contribution in [0.25, 0.3) is 0 Å². The van der Waals surface area contributed by atoms with Crippen molar-refractivity contribution in [3.63, 3.8) is 0 Å². The van der Waals surface area contributed by atoms with Crippen molar-refractivity contribution in [2.75, 3.05) is 5.75 Å². The summed E-state index contributed by atoms with van der Waals surface area (Å²) in [4.78, 5) is 28.5. The van der Waals surface area contributed by atoms with E-state index in [-0.39, 0.29) is 17.5 Å². The fourth-order valence-corrected chi connectivity index (χ4v) is 4.18. The minimum absolute atomic E-state index is 0.0452. The molecule has 1 aliphatic carbocycles. The highest BCUT2D eigenvalue weighted by molar-refractivity contribution is 7.99. The first-order chi connectivity index (χ1) is 9.63. The quantitative estimate of drug-likeness (QED) is 0.861. The van der Waals surface area contributed by atoms with E-state index < -0.39 is 0 Å². The van der Waals surface area contributed by atoms with Crippen LogP contribution in [0.15, 0.2) is 16.0 Å². The second-order valence-electron chi connectivity index (χ2n) is 5.61. The largest absolute Gasteiger partial charge is 0.353 e. The molecule has 3 rings (SSSR count). The molecule has 2 aliphatic rings. The third kappa shape index (κ3) is 2.75. The number of nitrogens with one attached hydrogen (secondary N) is 1. The third-order valence-electron chi connectivity index (χ3n) is 3.96. The first-order valence-corrected chi connectivity index (χ1v) is 8.14. The van der Waals surface area contributed by atoms with Crippen molar-refractivity contribution in [1.29, 1.82) is 0 Å². The van der Waals surface area contributed by atoms with Crippen LogP contribution in [0.1, 0.15) is 43.8 Å². The molecule has 108 valence electrons. The Bertz CT molecular complexity index is 578. The number of nitrogens with zero attached hydrogens (tertiary/aromatic N) is 2. The Morgan fingerprint density at radius 3 is 3.00 bits per heavy atom. The highest BCUT2D eigenvalue weighted by Crippen LogP contribution is 2.32. The van der Waals surface area contributed by atoms with Crippen molar-refractivity contribution in [3.05, 3.63) is 22.1 Å². The normalized spacial score (nSPS) is 21.9. The van der Waals surface area contributed by atoms with Crippen LogP contribution >= 0.6 is 11.8 Å². The Kier molecular flexibility index (Phi) is 3.83. The molecule has 1 aromatic heterocycles. The maximum Gasteiger partial charge on any atom is 0.254 e. The molecule has 1 aromatic rings. The first-order valence-electron chi connectivity index (χ1n) is 7.16. The molecule has 0 aromatic carbocycles. The van der Waals surface area contributed by atoms with Crippen molar-refractivity contribution in [1.82, 2.24) is 14.9 Å². The van der Waals surface area contributed by atoms with Crippen LogP contribution in [0.3, 0.4) is 0 Å². The summed E-state index contributed by atoms with van der Waals surface area (Å²) in [5.41, 5.74) is 0.695. The van der Waals surface area contributed by atoms with Crippen LogP contribution in [0.2, 0.25) is 0 Å². The molecule has 1 fully saturated rings. The van der Waals surface area contributed by atoms with Gasteiger partial charge in [0.2, 0.25) is 5.91 Å². The van der Waals surface area contributed by atoms with Gasteiger partial charge in [0.15, 0.2) is 5.16 Å². The monoisotopic (exact) mass is 293 g/mol. The standard InChI is InChI=1S/C14H19N3O2S/c1-9-6-13(19)17-11(8-20-14(17)15-9)7-12(18)16-10-4-2-3-5-10/h6,10-11H,2-5,7-8H2,1H3,(H,16,18). The Morgan fingerprint density at radius 1 is 1.50 bits per heavy atom. The van der Waals surface area contributed by atoms with Crippen LogP contribution in [0.5, 0.6) is 0 Å². The fraction of sp³-hybridized carbons (Fsp3) is 0.643. The molecular weight excluding hydrogens is 274 g/mol. The van der Waals surface area contributed by atoms with Crippen molar-refractivity contribution in [2.24, 2.45) is 0 Å². The minimum Gasteiger partial charge on any atom is -0.353 e. The molecule has 1 unspecified atom stereocenters. The predicted octanol–water partition coefficient (Wildman–Crippen LogP) is 1.65. The number of hydrogen-bond donors (Lipinski definition) is 1. The maximum atomic E-state index is 12.1. The summed E-state index contributed by atoms with van der Waals surface area (Å²) in [6.45, 7) is 1.82. The highest BCUT2D eigenvalue weighted by atomic mass is 32.2. The molecule has 5 nitrogen and oxygen atoms in total. The van der Waals surface area contributed by atoms with Crippen LogP contribution in [-0.4, -0.2) is 27.3 Å². The zero-order valence-corrected chi connectivity index (χ0v) is 12.4. The number of aryl methyl sites for hydroxylation is 1. The van der Waals surface area contributed by atoms with E-state index >= 15 is 0 Å². The summed E-state index contributed by atoms with van der Waals surface area (Å²) in [6, 6.07) is 1.82. The molecule has 1 aliphatic heterocycles. The molecule has 20 heavy (non-hydrogen) atoms. The van der Waals surface area contributed by atoms with Crippen molar-refractivity contribution in [2.45, 2.75) is 56.3 Å². The zero-order chi connectivity index (χ0) is 14.1. The number of amides is 1. The Morgan fingerprint density at radius 2 is 2.25 bits per heavy atom. The van der Waals surface area contributed by atoms with E-state index in [0.717, 1.165) is 29.4 Å². The van der Waals surface area contributed by atoms with Gasteiger partial charge in [0.1, 0.15) is 0 Å². The molecule has 0 bridgehead atoms. The van der Waals surface area contributed by atoms with Gasteiger partial charge in [-0.25, -0.2) is 4.98 Å². The van der Waals surface area contributed by atoms with Gasteiger partial charge in [0.05, 0.1) is 6.04 Å². The van der Waals surface area contributed by atoms with E-state index in [0.29, 0.717) is 12.5 Å². The van der Waals surface area contributed by atoms with Gasteiger partial charge in [0.25, 0.3) is 5.56 Å². The summed E-state index contributed by atoms with van der Waals surface area (Å²) in [5, 5.41) is 3.83. The average Bonchev–Trinajstić information content (AvgIpc) is 2.99. The van der Waals surface area contributed by atoms with Crippen molar-refractivity contribution in [3.8, 4) is 0 Å². The Balaban J connectivity index is 1.68. The van der Waals surface area contributed by atoms with Crippen LogP contribution in [0, 0.1) is 6.92 Å². The van der Waals surface area contributed by atoms with Gasteiger partial charge in [-0.1, -0.05) is 24.6 Å². The van der Waals surface area contributed by atoms with Gasteiger partial charge in [-0.2, -0.15) is 0 Å². The first kappa shape index (κ1) is 13.7. The van der Waals surface area contributed by atoms with E-state index in [2.05, 4.69) is 10.3 Å². The molecular formula is C14H19N3O2S. The van der Waals surface area contributed by atoms with E-state index in [1.54, 1.807) is 16.3 Å². The summed E-state index contributed by atoms with van der Waals surface area (Å²) < 4.78 is 1.67. The fourth-order valence-electron chi connectivity index (χ4n) is 2.98. The number of thioether (sulfide) groups is 1. The summed E-state index contributed by atoms with van der Waals surface area (Å²) in [7, 11) is 0. The third-order valence-corrected chi connectivity index (χ3v) is 5.06. The van der Waals surface area contributed by atoms with Crippen LogP contribution < -0.4 is 10.9 Å². The van der Waals surface area contributed by atoms with Gasteiger partial charge in [-0.3, -0.25) is 14.2 Å². The average molecular weight is 293 g/mol. The van der Waals surface area contributed by atoms with E-state index in [9.17, 15) is 9.59 Å². The highest BCUT2D eigenvalue weighted by Gasteiger charge is 2.28. The van der Waals surface area contributed by atoms with Gasteiger partial charge < -0.3 is 5.32 Å². The topological polar surface area (TPSA) is 64.0 Å². The molecule has 0 saturated heterocycles. The van der Waals surface area contributed by atoms with Crippen LogP contribution in [-0.2, 0) is 4.79 Å². The number of hydrogen-bond acceptors (Lipinski definition) is 4. The van der Waals surface area contributed by atoms with E-state index in [1.807, 2.05) is 6.92 Å². The second kappa shape index (κ2) is 5.60. The van der Waals surface area contributed by atoms with E-state index in [1.165, 1.54) is 18.9 Å². The second-order valence-corrected chi connectivity index (χ2v) is 6.59. The molecule has 1 amide bonds. The van der Waals surface area contributed by atoms with Crippen molar-refractivity contribution >= 4 is 17.7 Å². The number of aromatic nitrogens is 2. The molecule has 0 radical (unpaired) electrons. The Hall–Kier alpha value is -1.30. The van der Waals surface area contributed by atoms with Gasteiger partial charge in [-0.05, 0) is 19.8 Å². The molecule has 6 heteroatoms. The molecule has 1 atom stereocenters. The molecule has 0 spiro atoms. The summed E-state index contributed by atoms with van der Waals surface area (Å²) in [5.74, 6) is 0.812. The van der Waals surface area contributed by atoms with Gasteiger partial charge in [-0.15, -0.1) is 0 Å². The maximum absolute atomic E-state index is 12.1. The lowest BCUT2D eigenvalue weighted by atomic mass is 10.2. The summed E-state index contributed by atoms with van der Waals surface area (Å²) in [6.07, 6.45) is 4.96. The molecule has 2 heterocycles. The van der Waals surface area contributed by atoms with Gasteiger partial charge in [0, 0.05) is 30.0 Å². The van der Waals surface area contributed by atoms with Crippen LogP contribution in [0.4, 0.5) is 0 Å². The number of fused-ring (bicyclic) bond motifs is 1. The number of rotatable bonds is 3. The number of carbonyl (C=O) groups is 1. The Labute approximate surface area is 122 Å². The lowest BCUT2D eigenvalue weighted by molar-refractivity contribution is -0.122. The van der Waals surface area contributed by atoms with Crippen molar-refractivity contribution < 1.29 is 4.79 Å². The smallest absolute Gasteiger partial charge is 0.254 e. The zero-order valence-electron chi connectivity index (χ0n) is 11.6. The predicted molar refractivity (Wildman–Crippen MR) is 78.0 cm³/mol.